The van der Waals surface area contributed by atoms with Crippen molar-refractivity contribution in [3.8, 4) is 5.13 Å². The Bertz CT molecular complexity index is 1760. The number of aryl methyl sites for hydroxylation is 1. The molecule has 2 aromatic carbocycles. The van der Waals surface area contributed by atoms with E-state index in [2.05, 4.69) is 10.2 Å². The second-order valence-electron chi connectivity index (χ2n) is 9.84. The fourth-order valence-electron chi connectivity index (χ4n) is 5.25. The van der Waals surface area contributed by atoms with Crippen LogP contribution in [0.5, 0.6) is 0 Å². The lowest BCUT2D eigenvalue weighted by Gasteiger charge is -2.26. The van der Waals surface area contributed by atoms with Crippen molar-refractivity contribution in [2.45, 2.75) is 26.4 Å². The molecule has 0 radical (unpaired) electrons. The molecule has 0 spiro atoms. The van der Waals surface area contributed by atoms with Crippen LogP contribution in [0.1, 0.15) is 12.1 Å². The number of carbonyl (C=O) groups is 1. The standard InChI is InChI=1S/C29H30N6O4S/c1-20-27-23(18-26(37)33(20)13-7-12-32-14-16-39-17-15-32)34(19-25(36)30-21-8-3-2-4-9-21)35(28(27)38)29-31-22-10-5-6-11-24(22)40-29/h2-6,8-11,18H,7,12-17,19H2,1H3,(H,30,36). The van der Waals surface area contributed by atoms with Gasteiger partial charge in [0, 0.05) is 43.6 Å². The number of fused-ring (bicyclic) bond motifs is 2. The van der Waals surface area contributed by atoms with Gasteiger partial charge in [0.25, 0.3) is 11.1 Å². The number of ether oxygens (including phenoxy) is 1. The van der Waals surface area contributed by atoms with Crippen molar-refractivity contribution in [3.05, 3.63) is 87.1 Å². The molecule has 206 valence electrons. The van der Waals surface area contributed by atoms with Gasteiger partial charge in [-0.1, -0.05) is 41.7 Å². The summed E-state index contributed by atoms with van der Waals surface area (Å²) >= 11 is 1.37. The first kappa shape index (κ1) is 26.2. The summed E-state index contributed by atoms with van der Waals surface area (Å²) in [6.07, 6.45) is 0.776. The number of amides is 1. The molecule has 0 unspecified atom stereocenters. The van der Waals surface area contributed by atoms with E-state index in [-0.39, 0.29) is 23.6 Å². The molecule has 5 aromatic rings. The SMILES string of the molecule is Cc1c2c(=O)n(-c3nc4ccccc4s3)n(CC(=O)Nc3ccccc3)c2cc(=O)n1CCCN1CCOCC1. The normalized spacial score (nSPS) is 14.2. The lowest BCUT2D eigenvalue weighted by Crippen LogP contribution is -2.37. The summed E-state index contributed by atoms with van der Waals surface area (Å²) in [5.74, 6) is -0.315. The van der Waals surface area contributed by atoms with Crippen LogP contribution in [0.2, 0.25) is 0 Å². The lowest BCUT2D eigenvalue weighted by molar-refractivity contribution is -0.116. The van der Waals surface area contributed by atoms with Crippen molar-refractivity contribution >= 4 is 44.1 Å². The number of rotatable bonds is 8. The summed E-state index contributed by atoms with van der Waals surface area (Å²) < 4.78 is 11.0. The molecule has 3 aromatic heterocycles. The van der Waals surface area contributed by atoms with E-state index in [9.17, 15) is 14.4 Å². The van der Waals surface area contributed by atoms with E-state index in [0.29, 0.717) is 34.0 Å². The first-order chi connectivity index (χ1) is 19.5. The molecule has 4 heterocycles. The molecule has 0 atom stereocenters. The number of hydrogen-bond donors (Lipinski definition) is 1. The largest absolute Gasteiger partial charge is 0.379 e. The smallest absolute Gasteiger partial charge is 0.283 e. The maximum atomic E-state index is 14.0. The molecular formula is C29H30N6O4S. The Kier molecular flexibility index (Phi) is 7.33. The zero-order valence-electron chi connectivity index (χ0n) is 22.2. The summed E-state index contributed by atoms with van der Waals surface area (Å²) in [6, 6.07) is 18.3. The van der Waals surface area contributed by atoms with Gasteiger partial charge in [0.1, 0.15) is 6.54 Å². The molecule has 40 heavy (non-hydrogen) atoms. The van der Waals surface area contributed by atoms with Crippen LogP contribution in [0.3, 0.4) is 0 Å². The van der Waals surface area contributed by atoms with Crippen LogP contribution in [0.25, 0.3) is 26.3 Å². The Morgan fingerprint density at radius 2 is 1.77 bits per heavy atom. The van der Waals surface area contributed by atoms with Crippen LogP contribution in [0.4, 0.5) is 5.69 Å². The highest BCUT2D eigenvalue weighted by Crippen LogP contribution is 2.26. The predicted octanol–water partition coefficient (Wildman–Crippen LogP) is 3.23. The summed E-state index contributed by atoms with van der Waals surface area (Å²) in [5.41, 5.74) is 1.91. The molecule has 0 bridgehead atoms. The quantitative estimate of drug-likeness (QED) is 0.314. The molecule has 1 amide bonds. The number of anilines is 1. The highest BCUT2D eigenvalue weighted by atomic mass is 32.1. The molecular weight excluding hydrogens is 528 g/mol. The van der Waals surface area contributed by atoms with Gasteiger partial charge in [-0.3, -0.25) is 24.0 Å². The zero-order valence-corrected chi connectivity index (χ0v) is 23.0. The zero-order chi connectivity index (χ0) is 27.6. The lowest BCUT2D eigenvalue weighted by atomic mass is 10.2. The van der Waals surface area contributed by atoms with Gasteiger partial charge in [0.05, 0.1) is 34.3 Å². The minimum absolute atomic E-state index is 0.163. The van der Waals surface area contributed by atoms with Gasteiger partial charge in [-0.15, -0.1) is 0 Å². The van der Waals surface area contributed by atoms with Gasteiger partial charge < -0.3 is 14.6 Å². The van der Waals surface area contributed by atoms with Crippen LogP contribution >= 0.6 is 11.3 Å². The van der Waals surface area contributed by atoms with Crippen molar-refractivity contribution in [1.29, 1.82) is 0 Å². The molecule has 11 heteroatoms. The van der Waals surface area contributed by atoms with E-state index in [1.165, 1.54) is 22.1 Å². The van der Waals surface area contributed by atoms with Gasteiger partial charge >= 0.3 is 0 Å². The summed E-state index contributed by atoms with van der Waals surface area (Å²) in [7, 11) is 0. The van der Waals surface area contributed by atoms with E-state index in [1.807, 2.05) is 42.5 Å². The molecule has 1 aliphatic rings. The second kappa shape index (κ2) is 11.2. The van der Waals surface area contributed by atoms with Gasteiger partial charge in [-0.2, -0.15) is 4.68 Å². The fourth-order valence-corrected chi connectivity index (χ4v) is 6.23. The number of pyridine rings is 1. The highest BCUT2D eigenvalue weighted by molar-refractivity contribution is 7.20. The third-order valence-corrected chi connectivity index (χ3v) is 8.26. The summed E-state index contributed by atoms with van der Waals surface area (Å²) in [4.78, 5) is 47.5. The fraction of sp³-hybridized carbons (Fsp3) is 0.310. The van der Waals surface area contributed by atoms with Crippen LogP contribution in [0.15, 0.2) is 70.3 Å². The number of para-hydroxylation sites is 2. The van der Waals surface area contributed by atoms with E-state index < -0.39 is 0 Å². The molecule has 1 N–H and O–H groups in total. The Labute approximate surface area is 234 Å². The average molecular weight is 559 g/mol. The number of nitrogens with zero attached hydrogens (tertiary/aromatic N) is 5. The van der Waals surface area contributed by atoms with Crippen molar-refractivity contribution in [2.75, 3.05) is 38.2 Å². The number of thiazole rings is 1. The molecule has 0 saturated carbocycles. The van der Waals surface area contributed by atoms with Crippen molar-refractivity contribution in [3.63, 3.8) is 0 Å². The van der Waals surface area contributed by atoms with Crippen LogP contribution in [-0.4, -0.2) is 62.6 Å². The van der Waals surface area contributed by atoms with Gasteiger partial charge in [0.15, 0.2) is 0 Å². The van der Waals surface area contributed by atoms with Crippen molar-refractivity contribution in [2.24, 2.45) is 0 Å². The van der Waals surface area contributed by atoms with E-state index in [0.717, 1.165) is 49.5 Å². The van der Waals surface area contributed by atoms with Gasteiger partial charge in [-0.25, -0.2) is 4.98 Å². The number of hydrogen-bond acceptors (Lipinski definition) is 7. The van der Waals surface area contributed by atoms with Crippen molar-refractivity contribution in [1.82, 2.24) is 23.8 Å². The van der Waals surface area contributed by atoms with Crippen LogP contribution in [0, 0.1) is 6.92 Å². The van der Waals surface area contributed by atoms with Gasteiger partial charge in [-0.05, 0) is 37.6 Å². The Morgan fingerprint density at radius 3 is 2.55 bits per heavy atom. The topological polar surface area (TPSA) is 103 Å². The number of morpholine rings is 1. The third kappa shape index (κ3) is 5.10. The Balaban J connectivity index is 1.41. The molecule has 10 nitrogen and oxygen atoms in total. The predicted molar refractivity (Wildman–Crippen MR) is 157 cm³/mol. The minimum atomic E-state index is -0.315. The van der Waals surface area contributed by atoms with Gasteiger partial charge in [0.2, 0.25) is 11.0 Å². The highest BCUT2D eigenvalue weighted by Gasteiger charge is 2.23. The van der Waals surface area contributed by atoms with Crippen LogP contribution < -0.4 is 16.4 Å². The second-order valence-corrected chi connectivity index (χ2v) is 10.8. The average Bonchev–Trinajstić information content (AvgIpc) is 3.49. The number of benzene rings is 2. The molecule has 1 aliphatic heterocycles. The van der Waals surface area contributed by atoms with E-state index in [1.54, 1.807) is 28.3 Å². The Morgan fingerprint density at radius 1 is 1.02 bits per heavy atom. The Hall–Kier alpha value is -4.06. The summed E-state index contributed by atoms with van der Waals surface area (Å²) in [6.45, 7) is 6.20. The molecule has 6 rings (SSSR count). The first-order valence-electron chi connectivity index (χ1n) is 13.4. The van der Waals surface area contributed by atoms with E-state index in [4.69, 9.17) is 9.72 Å². The monoisotopic (exact) mass is 558 g/mol. The minimum Gasteiger partial charge on any atom is -0.379 e. The first-order valence-corrected chi connectivity index (χ1v) is 14.2. The number of nitrogens with one attached hydrogen (secondary N) is 1. The summed E-state index contributed by atoms with van der Waals surface area (Å²) in [5, 5.41) is 3.74. The van der Waals surface area contributed by atoms with E-state index >= 15 is 0 Å². The van der Waals surface area contributed by atoms with Crippen molar-refractivity contribution < 1.29 is 9.53 Å². The molecule has 0 aliphatic carbocycles. The third-order valence-electron chi connectivity index (χ3n) is 7.25. The van der Waals surface area contributed by atoms with Crippen LogP contribution in [-0.2, 0) is 22.6 Å². The number of carbonyl (C=O) groups excluding carboxylic acids is 1. The maximum absolute atomic E-state index is 14.0. The maximum Gasteiger partial charge on any atom is 0.283 e. The molecule has 1 saturated heterocycles. The number of aromatic nitrogens is 4. The molecule has 1 fully saturated rings.